The number of ether oxygens (including phenoxy) is 2. The summed E-state index contributed by atoms with van der Waals surface area (Å²) in [6.07, 6.45) is 0. The van der Waals surface area contributed by atoms with E-state index < -0.39 is 11.9 Å². The maximum absolute atomic E-state index is 12.0. The predicted octanol–water partition coefficient (Wildman–Crippen LogP) is 3.30. The summed E-state index contributed by atoms with van der Waals surface area (Å²) in [4.78, 5) is 25.4. The third kappa shape index (κ3) is 2.44. The minimum absolute atomic E-state index is 0.271. The van der Waals surface area contributed by atoms with Crippen molar-refractivity contribution in [3.8, 4) is 10.4 Å². The summed E-state index contributed by atoms with van der Waals surface area (Å²) in [5.74, 6) is -1.06. The van der Waals surface area contributed by atoms with Gasteiger partial charge in [-0.1, -0.05) is 30.3 Å². The number of thiophene rings is 1. The number of carbonyl (C=O) groups excluding carboxylic acids is 2. The van der Waals surface area contributed by atoms with Crippen LogP contribution in [0.4, 0.5) is 0 Å². The van der Waals surface area contributed by atoms with E-state index in [1.165, 1.54) is 25.6 Å². The fourth-order valence-corrected chi connectivity index (χ4v) is 3.12. The van der Waals surface area contributed by atoms with Crippen molar-refractivity contribution < 1.29 is 19.1 Å². The molecule has 0 saturated carbocycles. The maximum Gasteiger partial charge on any atom is 0.340 e. The van der Waals surface area contributed by atoms with E-state index in [0.717, 1.165) is 15.3 Å². The highest BCUT2D eigenvalue weighted by Gasteiger charge is 2.28. The van der Waals surface area contributed by atoms with E-state index >= 15 is 0 Å². The Labute approximate surface area is 121 Å². The van der Waals surface area contributed by atoms with Gasteiger partial charge >= 0.3 is 11.9 Å². The number of hydrogen-bond donors (Lipinski definition) is 0. The Hall–Kier alpha value is -2.14. The van der Waals surface area contributed by atoms with Gasteiger partial charge in [0.05, 0.1) is 25.3 Å². The lowest BCUT2D eigenvalue weighted by Gasteiger charge is -2.05. The Kier molecular flexibility index (Phi) is 4.20. The molecule has 1 aromatic carbocycles. The molecule has 0 radical (unpaired) electrons. The topological polar surface area (TPSA) is 52.6 Å². The van der Waals surface area contributed by atoms with Gasteiger partial charge in [-0.15, -0.1) is 11.3 Å². The summed E-state index contributed by atoms with van der Waals surface area (Å²) in [5, 5.41) is 0. The Balaban J connectivity index is 2.70. The largest absolute Gasteiger partial charge is 0.465 e. The van der Waals surface area contributed by atoms with Crippen LogP contribution in [0.25, 0.3) is 10.4 Å². The van der Waals surface area contributed by atoms with Crippen molar-refractivity contribution in [1.29, 1.82) is 0 Å². The quantitative estimate of drug-likeness (QED) is 0.814. The van der Waals surface area contributed by atoms with Crippen LogP contribution in [0.2, 0.25) is 0 Å². The van der Waals surface area contributed by atoms with E-state index in [1.54, 1.807) is 6.92 Å². The number of carbonyl (C=O) groups is 2. The SMILES string of the molecule is COC(=O)c1c(C)sc(-c2ccccc2)c1C(=O)OC. The summed E-state index contributed by atoms with van der Waals surface area (Å²) >= 11 is 1.38. The van der Waals surface area contributed by atoms with E-state index in [9.17, 15) is 9.59 Å². The van der Waals surface area contributed by atoms with Crippen molar-refractivity contribution in [3.63, 3.8) is 0 Å². The predicted molar refractivity (Wildman–Crippen MR) is 77.2 cm³/mol. The van der Waals surface area contributed by atoms with Crippen molar-refractivity contribution in [2.45, 2.75) is 6.92 Å². The summed E-state index contributed by atoms with van der Waals surface area (Å²) < 4.78 is 9.57. The molecule has 104 valence electrons. The van der Waals surface area contributed by atoms with Gasteiger partial charge in [-0.05, 0) is 12.5 Å². The summed E-state index contributed by atoms with van der Waals surface area (Å²) in [6, 6.07) is 9.42. The molecular weight excluding hydrogens is 276 g/mol. The number of aryl methyl sites for hydroxylation is 1. The monoisotopic (exact) mass is 290 g/mol. The summed E-state index contributed by atoms with van der Waals surface area (Å²) in [6.45, 7) is 1.79. The van der Waals surface area contributed by atoms with Crippen molar-refractivity contribution in [2.75, 3.05) is 14.2 Å². The molecule has 0 saturated heterocycles. The fraction of sp³-hybridized carbons (Fsp3) is 0.200. The van der Waals surface area contributed by atoms with Gasteiger partial charge in [0.2, 0.25) is 0 Å². The Bertz CT molecular complexity index is 643. The van der Waals surface area contributed by atoms with Gasteiger partial charge in [-0.2, -0.15) is 0 Å². The Morgan fingerprint density at radius 1 is 0.950 bits per heavy atom. The number of benzene rings is 1. The van der Waals surface area contributed by atoms with Crippen LogP contribution in [0.5, 0.6) is 0 Å². The highest BCUT2D eigenvalue weighted by molar-refractivity contribution is 7.16. The first-order chi connectivity index (χ1) is 9.60. The van der Waals surface area contributed by atoms with Crippen LogP contribution in [0, 0.1) is 6.92 Å². The van der Waals surface area contributed by atoms with Gasteiger partial charge in [-0.25, -0.2) is 9.59 Å². The van der Waals surface area contributed by atoms with Crippen LogP contribution < -0.4 is 0 Å². The van der Waals surface area contributed by atoms with Gasteiger partial charge in [0, 0.05) is 9.75 Å². The van der Waals surface area contributed by atoms with Crippen molar-refractivity contribution in [3.05, 3.63) is 46.3 Å². The Morgan fingerprint density at radius 2 is 1.50 bits per heavy atom. The second kappa shape index (κ2) is 5.88. The molecule has 0 amide bonds. The molecule has 1 heterocycles. The molecule has 0 unspecified atom stereocenters. The van der Waals surface area contributed by atoms with Crippen LogP contribution in [-0.4, -0.2) is 26.2 Å². The smallest absolute Gasteiger partial charge is 0.340 e. The Morgan fingerprint density at radius 3 is 2.05 bits per heavy atom. The third-order valence-electron chi connectivity index (χ3n) is 2.90. The lowest BCUT2D eigenvalue weighted by atomic mass is 10.0. The summed E-state index contributed by atoms with van der Waals surface area (Å²) in [5.41, 5.74) is 1.42. The van der Waals surface area contributed by atoms with Crippen molar-refractivity contribution >= 4 is 23.3 Å². The molecule has 0 aliphatic carbocycles. The lowest BCUT2D eigenvalue weighted by Crippen LogP contribution is -2.11. The van der Waals surface area contributed by atoms with Gasteiger partial charge < -0.3 is 9.47 Å². The van der Waals surface area contributed by atoms with E-state index in [2.05, 4.69) is 0 Å². The van der Waals surface area contributed by atoms with E-state index in [-0.39, 0.29) is 11.1 Å². The molecule has 0 spiro atoms. The average molecular weight is 290 g/mol. The van der Waals surface area contributed by atoms with Gasteiger partial charge in [-0.3, -0.25) is 0 Å². The molecule has 1 aromatic heterocycles. The minimum atomic E-state index is -0.534. The van der Waals surface area contributed by atoms with Crippen LogP contribution in [-0.2, 0) is 9.47 Å². The number of rotatable bonds is 3. The van der Waals surface area contributed by atoms with E-state index in [1.807, 2.05) is 30.3 Å². The molecule has 4 nitrogen and oxygen atoms in total. The normalized spacial score (nSPS) is 10.2. The highest BCUT2D eigenvalue weighted by atomic mass is 32.1. The zero-order valence-electron chi connectivity index (χ0n) is 11.4. The maximum atomic E-state index is 12.0. The molecule has 20 heavy (non-hydrogen) atoms. The molecule has 0 bridgehead atoms. The van der Waals surface area contributed by atoms with Crippen LogP contribution in [0.15, 0.2) is 30.3 Å². The lowest BCUT2D eigenvalue weighted by molar-refractivity contribution is 0.0556. The van der Waals surface area contributed by atoms with Gasteiger partial charge in [0.25, 0.3) is 0 Å². The van der Waals surface area contributed by atoms with Crippen LogP contribution >= 0.6 is 11.3 Å². The molecule has 2 rings (SSSR count). The van der Waals surface area contributed by atoms with Gasteiger partial charge in [0.15, 0.2) is 0 Å². The molecule has 0 aliphatic heterocycles. The van der Waals surface area contributed by atoms with Gasteiger partial charge in [0.1, 0.15) is 0 Å². The first-order valence-corrected chi connectivity index (χ1v) is 6.77. The molecule has 0 fully saturated rings. The number of esters is 2. The zero-order chi connectivity index (χ0) is 14.7. The molecule has 2 aromatic rings. The number of hydrogen-bond acceptors (Lipinski definition) is 5. The third-order valence-corrected chi connectivity index (χ3v) is 4.05. The number of methoxy groups -OCH3 is 2. The molecule has 0 N–H and O–H groups in total. The second-order valence-electron chi connectivity index (χ2n) is 4.09. The standard InChI is InChI=1S/C15H14O4S/c1-9-11(14(16)18-2)12(15(17)19-3)13(20-9)10-7-5-4-6-8-10/h4-8H,1-3H3. The van der Waals surface area contributed by atoms with Crippen LogP contribution in [0.1, 0.15) is 25.6 Å². The average Bonchev–Trinajstić information content (AvgIpc) is 2.84. The fourth-order valence-electron chi connectivity index (χ4n) is 1.98. The molecule has 0 aliphatic rings. The minimum Gasteiger partial charge on any atom is -0.465 e. The first-order valence-electron chi connectivity index (χ1n) is 5.95. The molecule has 5 heteroatoms. The second-order valence-corrected chi connectivity index (χ2v) is 5.31. The van der Waals surface area contributed by atoms with Crippen LogP contribution in [0.3, 0.4) is 0 Å². The highest BCUT2D eigenvalue weighted by Crippen LogP contribution is 2.37. The van der Waals surface area contributed by atoms with Crippen molar-refractivity contribution in [1.82, 2.24) is 0 Å². The van der Waals surface area contributed by atoms with E-state index in [4.69, 9.17) is 9.47 Å². The summed E-state index contributed by atoms with van der Waals surface area (Å²) in [7, 11) is 2.59. The molecular formula is C15H14O4S. The van der Waals surface area contributed by atoms with E-state index in [0.29, 0.717) is 0 Å². The van der Waals surface area contributed by atoms with Crippen molar-refractivity contribution in [2.24, 2.45) is 0 Å². The zero-order valence-corrected chi connectivity index (χ0v) is 12.2. The first kappa shape index (κ1) is 14.3. The molecule has 0 atom stereocenters.